The average molecular weight is 539 g/mol. The van der Waals surface area contributed by atoms with Gasteiger partial charge in [0.25, 0.3) is 0 Å². The number of rotatable bonds is 5. The number of benzene rings is 3. The van der Waals surface area contributed by atoms with Crippen LogP contribution in [0.25, 0.3) is 11.1 Å². The van der Waals surface area contributed by atoms with E-state index >= 15 is 0 Å². The van der Waals surface area contributed by atoms with Gasteiger partial charge in [-0.15, -0.1) is 16.4 Å². The summed E-state index contributed by atoms with van der Waals surface area (Å²) in [4.78, 5) is 32.5. The fraction of sp³-hybridized carbons (Fsp3) is 0.188. The molecule has 1 aromatic heterocycles. The first-order valence-corrected chi connectivity index (χ1v) is 13.5. The van der Waals surface area contributed by atoms with Crippen LogP contribution in [0.4, 0.5) is 9.18 Å². The highest BCUT2D eigenvalue weighted by Gasteiger charge is 2.27. The summed E-state index contributed by atoms with van der Waals surface area (Å²) in [7, 11) is 0. The monoisotopic (exact) mass is 538 g/mol. The van der Waals surface area contributed by atoms with Crippen molar-refractivity contribution in [2.75, 3.05) is 0 Å². The zero-order chi connectivity index (χ0) is 27.5. The Labute approximate surface area is 231 Å². The number of halogens is 1. The fourth-order valence-electron chi connectivity index (χ4n) is 4.64. The van der Waals surface area contributed by atoms with Crippen LogP contribution in [0.3, 0.4) is 0 Å². The van der Waals surface area contributed by atoms with Gasteiger partial charge in [0.2, 0.25) is 0 Å². The molecule has 3 aromatic carbocycles. The second-order valence-corrected chi connectivity index (χ2v) is 10.7. The molecular weight excluding hydrogens is 511 g/mol. The lowest BCUT2D eigenvalue weighted by molar-refractivity contribution is -0.181. The number of nitrogens with two attached hydrogens (primary N) is 1. The molecule has 7 heteroatoms. The van der Waals surface area contributed by atoms with Crippen molar-refractivity contribution in [1.82, 2.24) is 5.06 Å². The maximum atomic E-state index is 13.1. The smallest absolute Gasteiger partial charge is 0.349 e. The molecule has 0 fully saturated rings. The molecule has 0 saturated heterocycles. The van der Waals surface area contributed by atoms with Gasteiger partial charge in [0.05, 0.1) is 10.8 Å². The predicted octanol–water partition coefficient (Wildman–Crippen LogP) is 6.43. The summed E-state index contributed by atoms with van der Waals surface area (Å²) < 4.78 is 13.1. The van der Waals surface area contributed by atoms with Crippen molar-refractivity contribution in [3.63, 3.8) is 0 Å². The van der Waals surface area contributed by atoms with Crippen LogP contribution in [-0.4, -0.2) is 23.1 Å². The molecule has 0 radical (unpaired) electrons. The normalized spacial score (nSPS) is 12.9. The third-order valence-electron chi connectivity index (χ3n) is 6.79. The Balaban J connectivity index is 1.24. The maximum Gasteiger partial charge on any atom is 0.349 e. The first kappa shape index (κ1) is 26.2. The van der Waals surface area contributed by atoms with Crippen LogP contribution in [0.2, 0.25) is 0 Å². The van der Waals surface area contributed by atoms with Crippen LogP contribution < -0.4 is 5.73 Å². The molecule has 196 valence electrons. The van der Waals surface area contributed by atoms with Gasteiger partial charge in [-0.2, -0.15) is 0 Å². The van der Waals surface area contributed by atoms with E-state index in [0.29, 0.717) is 6.42 Å². The van der Waals surface area contributed by atoms with Crippen molar-refractivity contribution in [1.29, 1.82) is 0 Å². The van der Waals surface area contributed by atoms with Crippen molar-refractivity contribution in [2.45, 2.75) is 38.6 Å². The second-order valence-electron chi connectivity index (χ2n) is 9.56. The third kappa shape index (κ3) is 5.87. The Bertz CT molecular complexity index is 1600. The lowest BCUT2D eigenvalue weighted by Gasteiger charge is -2.23. The maximum absolute atomic E-state index is 13.1. The van der Waals surface area contributed by atoms with E-state index in [1.807, 2.05) is 42.5 Å². The number of fused-ring (bicyclic) bond motifs is 3. The van der Waals surface area contributed by atoms with Crippen molar-refractivity contribution in [2.24, 2.45) is 5.73 Å². The Morgan fingerprint density at radius 3 is 2.51 bits per heavy atom. The van der Waals surface area contributed by atoms with Crippen LogP contribution >= 0.6 is 11.3 Å². The molecule has 2 atom stereocenters. The van der Waals surface area contributed by atoms with Gasteiger partial charge in [0.1, 0.15) is 11.9 Å². The topological polar surface area (TPSA) is 72.6 Å². The molecule has 4 aromatic rings. The van der Waals surface area contributed by atoms with Crippen LogP contribution in [0.1, 0.15) is 51.8 Å². The molecule has 0 bridgehead atoms. The van der Waals surface area contributed by atoms with E-state index in [2.05, 4.69) is 24.0 Å². The number of hydrogen-bond donors (Lipinski definition) is 1. The van der Waals surface area contributed by atoms with E-state index in [0.717, 1.165) is 37.9 Å². The molecule has 0 saturated carbocycles. The van der Waals surface area contributed by atoms with Crippen LogP contribution in [0.15, 0.2) is 78.9 Å². The molecular formula is C32H27FN2O3S. The summed E-state index contributed by atoms with van der Waals surface area (Å²) in [6.07, 6.45) is 1.48. The molecule has 0 aliphatic heterocycles. The van der Waals surface area contributed by atoms with E-state index in [4.69, 9.17) is 10.6 Å². The number of hydrogen-bond acceptors (Lipinski definition) is 4. The van der Waals surface area contributed by atoms with Gasteiger partial charge in [0, 0.05) is 11.3 Å². The zero-order valence-corrected chi connectivity index (χ0v) is 22.4. The van der Waals surface area contributed by atoms with E-state index in [1.54, 1.807) is 26.0 Å². The number of hydroxylamine groups is 2. The number of carbonyl (C=O) groups excluding carboxylic acids is 2. The lowest BCUT2D eigenvalue weighted by atomic mass is 9.96. The summed E-state index contributed by atoms with van der Waals surface area (Å²) in [6, 6.07) is 22.8. The van der Waals surface area contributed by atoms with Crippen LogP contribution in [0, 0.1) is 17.7 Å². The van der Waals surface area contributed by atoms with Crippen LogP contribution in [-0.2, 0) is 22.5 Å². The Morgan fingerprint density at radius 2 is 1.74 bits per heavy atom. The van der Waals surface area contributed by atoms with Crippen molar-refractivity contribution in [3.8, 4) is 23.0 Å². The highest BCUT2D eigenvalue weighted by molar-refractivity contribution is 7.12. The van der Waals surface area contributed by atoms with Gasteiger partial charge < -0.3 is 10.6 Å². The molecule has 2 N–H and O–H groups in total. The minimum absolute atomic E-state index is 0.266. The second kappa shape index (κ2) is 11.1. The van der Waals surface area contributed by atoms with E-state index in [9.17, 15) is 14.0 Å². The third-order valence-corrected chi connectivity index (χ3v) is 7.79. The zero-order valence-electron chi connectivity index (χ0n) is 21.6. The number of carbonyl (C=O) groups is 2. The largest absolute Gasteiger partial charge is 0.349 e. The lowest BCUT2D eigenvalue weighted by Crippen LogP contribution is -2.43. The highest BCUT2D eigenvalue weighted by atomic mass is 32.1. The number of amides is 2. The van der Waals surface area contributed by atoms with E-state index in [-0.39, 0.29) is 5.82 Å². The first-order chi connectivity index (χ1) is 18.8. The van der Waals surface area contributed by atoms with Crippen molar-refractivity contribution < 1.29 is 18.8 Å². The Kier molecular flexibility index (Phi) is 7.49. The molecule has 1 aliphatic rings. The molecule has 5 rings (SSSR count). The number of primary amides is 1. The van der Waals surface area contributed by atoms with E-state index in [1.165, 1.54) is 40.2 Å². The fourth-order valence-corrected chi connectivity index (χ4v) is 5.54. The van der Waals surface area contributed by atoms with Gasteiger partial charge in [-0.05, 0) is 77.9 Å². The minimum Gasteiger partial charge on any atom is -0.349 e. The van der Waals surface area contributed by atoms with Gasteiger partial charge in [-0.3, -0.25) is 0 Å². The summed E-state index contributed by atoms with van der Waals surface area (Å²) in [5, 5.41) is 0.822. The predicted molar refractivity (Wildman–Crippen MR) is 150 cm³/mol. The molecule has 1 aliphatic carbocycles. The SMILES string of the molecule is CC(C(=O)ON(C(N)=O)[C@H](C)C#Cc1ccc(Cc2ccc(F)cc2)s1)c1ccc2c(c1)Cc1ccccc1-2. The number of thiophene rings is 1. The molecule has 1 unspecified atom stereocenters. The minimum atomic E-state index is -0.898. The molecule has 1 heterocycles. The number of urea groups is 1. The molecule has 2 amide bonds. The quantitative estimate of drug-likeness (QED) is 0.207. The van der Waals surface area contributed by atoms with Crippen molar-refractivity contribution >= 4 is 23.3 Å². The molecule has 5 nitrogen and oxygen atoms in total. The van der Waals surface area contributed by atoms with Gasteiger partial charge in [-0.25, -0.2) is 14.0 Å². The van der Waals surface area contributed by atoms with Gasteiger partial charge >= 0.3 is 12.0 Å². The summed E-state index contributed by atoms with van der Waals surface area (Å²) >= 11 is 1.51. The van der Waals surface area contributed by atoms with Crippen molar-refractivity contribution in [3.05, 3.63) is 117 Å². The Morgan fingerprint density at radius 1 is 1.00 bits per heavy atom. The molecule has 39 heavy (non-hydrogen) atoms. The summed E-state index contributed by atoms with van der Waals surface area (Å²) in [6.45, 7) is 3.39. The Hall–Kier alpha value is -4.41. The van der Waals surface area contributed by atoms with Crippen LogP contribution in [0.5, 0.6) is 0 Å². The number of nitrogens with zero attached hydrogens (tertiary/aromatic N) is 1. The van der Waals surface area contributed by atoms with Gasteiger partial charge in [0.15, 0.2) is 0 Å². The first-order valence-electron chi connectivity index (χ1n) is 12.6. The highest BCUT2D eigenvalue weighted by Crippen LogP contribution is 2.37. The average Bonchev–Trinajstić information content (AvgIpc) is 3.54. The van der Waals surface area contributed by atoms with E-state index < -0.39 is 24.0 Å². The summed E-state index contributed by atoms with van der Waals surface area (Å²) in [5.41, 5.74) is 12.2. The standard InChI is InChI=1S/C32H27FN2O3S/c1-20(7-13-27-14-15-28(39-27)17-22-8-11-26(33)12-9-22)35(32(34)37)38-31(36)21(2)23-10-16-30-25(18-23)19-24-5-3-4-6-29(24)30/h3-6,8-12,14-16,18,20-21H,17,19H2,1-2H3,(H2,34,37)/t20-,21?/m1/s1. The van der Waals surface area contributed by atoms with Gasteiger partial charge in [-0.1, -0.05) is 66.4 Å². The molecule has 0 spiro atoms. The summed E-state index contributed by atoms with van der Waals surface area (Å²) in [5.74, 6) is 4.53.